The Labute approximate surface area is 317 Å². The van der Waals surface area contributed by atoms with Gasteiger partial charge >= 0.3 is 0 Å². The Hall–Kier alpha value is -4.88. The second-order valence-corrected chi connectivity index (χ2v) is 14.6. The number of nitrogens with one attached hydrogen (secondary N) is 4. The first-order valence-corrected chi connectivity index (χ1v) is 19.1. The van der Waals surface area contributed by atoms with Gasteiger partial charge in [0.05, 0.1) is 30.7 Å². The average Bonchev–Trinajstić information content (AvgIpc) is 3.41. The van der Waals surface area contributed by atoms with Crippen LogP contribution < -0.4 is 26.2 Å². The van der Waals surface area contributed by atoms with Gasteiger partial charge in [0.2, 0.25) is 17.7 Å². The van der Waals surface area contributed by atoms with Crippen molar-refractivity contribution in [1.29, 1.82) is 0 Å². The highest BCUT2D eigenvalue weighted by Crippen LogP contribution is 2.47. The standard InChI is InChI=1S/C42H52N6O6/c1-29(8-5-13-38(50)47(22-23-49)27-30-9-3-2-4-10-30)42(54)36-24-35(46-40(52)33-12-7-21-44-26-33)18-19-37(36)48(41(42)53)28-31-14-16-34(17-15-31)45-39(51)32-11-6-20-43-25-32/h2-5,8-10,14-19,24,29,32-33,43-44,49,54H,6-7,11-13,20-23,25-28H2,1H3,(H,45,51)(H,46,52)/b8-5+/t29-,32?,33?,42+/m1/s1. The van der Waals surface area contributed by atoms with Crippen molar-refractivity contribution >= 4 is 40.7 Å². The molecule has 2 unspecified atom stereocenters. The molecule has 54 heavy (non-hydrogen) atoms. The molecule has 0 aromatic heterocycles. The van der Waals surface area contributed by atoms with Crippen molar-refractivity contribution < 1.29 is 29.4 Å². The topological polar surface area (TPSA) is 163 Å². The van der Waals surface area contributed by atoms with E-state index in [4.69, 9.17) is 0 Å². The molecule has 12 nitrogen and oxygen atoms in total. The van der Waals surface area contributed by atoms with Crippen molar-refractivity contribution in [2.24, 2.45) is 17.8 Å². The average molecular weight is 737 g/mol. The van der Waals surface area contributed by atoms with Crippen LogP contribution in [0.3, 0.4) is 0 Å². The van der Waals surface area contributed by atoms with E-state index in [0.29, 0.717) is 42.3 Å². The third-order valence-electron chi connectivity index (χ3n) is 10.7. The van der Waals surface area contributed by atoms with Gasteiger partial charge in [-0.1, -0.05) is 61.5 Å². The van der Waals surface area contributed by atoms with E-state index in [0.717, 1.165) is 49.9 Å². The van der Waals surface area contributed by atoms with Crippen molar-refractivity contribution in [2.45, 2.75) is 57.7 Å². The number of amides is 4. The summed E-state index contributed by atoms with van der Waals surface area (Å²) in [5.41, 5.74) is 1.80. The summed E-state index contributed by atoms with van der Waals surface area (Å²) in [6.07, 6.45) is 6.86. The number of aliphatic hydroxyl groups is 2. The van der Waals surface area contributed by atoms with Gasteiger partial charge in [-0.05, 0) is 80.2 Å². The van der Waals surface area contributed by atoms with Gasteiger partial charge in [0.15, 0.2) is 5.60 Å². The van der Waals surface area contributed by atoms with Crippen LogP contribution in [0.4, 0.5) is 17.1 Å². The lowest BCUT2D eigenvalue weighted by molar-refractivity contribution is -0.139. The van der Waals surface area contributed by atoms with Crippen molar-refractivity contribution in [3.63, 3.8) is 0 Å². The van der Waals surface area contributed by atoms with Gasteiger partial charge < -0.3 is 41.3 Å². The van der Waals surface area contributed by atoms with Gasteiger partial charge in [-0.2, -0.15) is 0 Å². The molecule has 286 valence electrons. The molecule has 2 saturated heterocycles. The molecule has 2 fully saturated rings. The Morgan fingerprint density at radius 3 is 2.15 bits per heavy atom. The molecule has 3 aliphatic rings. The molecule has 4 atom stereocenters. The number of carbonyl (C=O) groups excluding carboxylic acids is 4. The van der Waals surface area contributed by atoms with E-state index in [-0.39, 0.29) is 55.7 Å². The van der Waals surface area contributed by atoms with Crippen molar-refractivity contribution in [3.05, 3.63) is 102 Å². The zero-order valence-electron chi connectivity index (χ0n) is 30.9. The van der Waals surface area contributed by atoms with Crippen LogP contribution >= 0.6 is 0 Å². The molecular formula is C42H52N6O6. The number of benzene rings is 3. The Kier molecular flexibility index (Phi) is 12.9. The summed E-state index contributed by atoms with van der Waals surface area (Å²) in [7, 11) is 0. The van der Waals surface area contributed by atoms with Gasteiger partial charge in [-0.3, -0.25) is 19.2 Å². The Morgan fingerprint density at radius 1 is 0.907 bits per heavy atom. The minimum atomic E-state index is -1.99. The summed E-state index contributed by atoms with van der Waals surface area (Å²) < 4.78 is 0. The van der Waals surface area contributed by atoms with Crippen molar-refractivity contribution in [3.8, 4) is 0 Å². The number of anilines is 3. The number of nitrogens with zero attached hydrogens (tertiary/aromatic N) is 2. The molecule has 0 bridgehead atoms. The Morgan fingerprint density at radius 2 is 1.54 bits per heavy atom. The van der Waals surface area contributed by atoms with E-state index in [1.165, 1.54) is 0 Å². The summed E-state index contributed by atoms with van der Waals surface area (Å²) in [4.78, 5) is 56.7. The van der Waals surface area contributed by atoms with Crippen molar-refractivity contribution in [1.82, 2.24) is 15.5 Å². The number of aliphatic hydroxyl groups excluding tert-OH is 1. The molecule has 6 rings (SSSR count). The van der Waals surface area contributed by atoms with Gasteiger partial charge in [-0.25, -0.2) is 0 Å². The number of rotatable bonds is 14. The van der Waals surface area contributed by atoms with E-state index in [1.807, 2.05) is 54.6 Å². The second kappa shape index (κ2) is 18.0. The first-order valence-electron chi connectivity index (χ1n) is 19.1. The Balaban J connectivity index is 1.20. The van der Waals surface area contributed by atoms with Crippen LogP contribution in [0.5, 0.6) is 0 Å². The minimum absolute atomic E-state index is 0.0175. The van der Waals surface area contributed by atoms with Gasteiger partial charge in [0.25, 0.3) is 5.91 Å². The fourth-order valence-corrected chi connectivity index (χ4v) is 7.56. The monoisotopic (exact) mass is 736 g/mol. The number of fused-ring (bicyclic) bond motifs is 1. The number of hydrogen-bond donors (Lipinski definition) is 6. The smallest absolute Gasteiger partial charge is 0.264 e. The van der Waals surface area contributed by atoms with E-state index in [1.54, 1.807) is 47.1 Å². The maximum Gasteiger partial charge on any atom is 0.264 e. The summed E-state index contributed by atoms with van der Waals surface area (Å²) >= 11 is 0. The zero-order chi connectivity index (χ0) is 38.1. The number of carbonyl (C=O) groups is 4. The summed E-state index contributed by atoms with van der Waals surface area (Å²) in [6, 6.07) is 22.1. The van der Waals surface area contributed by atoms with Crippen LogP contribution in [0.1, 0.15) is 55.7 Å². The highest BCUT2D eigenvalue weighted by molar-refractivity contribution is 6.08. The van der Waals surface area contributed by atoms with E-state index >= 15 is 0 Å². The fraction of sp³-hybridized carbons (Fsp3) is 0.429. The van der Waals surface area contributed by atoms with Crippen LogP contribution in [0.15, 0.2) is 84.9 Å². The molecule has 12 heteroatoms. The summed E-state index contributed by atoms with van der Waals surface area (Å²) in [6.45, 7) is 5.32. The normalized spacial score (nSPS) is 21.8. The predicted molar refractivity (Wildman–Crippen MR) is 208 cm³/mol. The maximum atomic E-state index is 14.4. The zero-order valence-corrected chi connectivity index (χ0v) is 30.9. The van der Waals surface area contributed by atoms with Gasteiger partial charge in [0, 0.05) is 55.5 Å². The lowest BCUT2D eigenvalue weighted by atomic mass is 9.82. The lowest BCUT2D eigenvalue weighted by Gasteiger charge is -2.28. The maximum absolute atomic E-state index is 14.4. The summed E-state index contributed by atoms with van der Waals surface area (Å²) in [5.74, 6) is -1.85. The van der Waals surface area contributed by atoms with Crippen LogP contribution in [-0.4, -0.2) is 78.1 Å². The number of piperidine rings is 2. The molecule has 4 amide bonds. The molecular weight excluding hydrogens is 684 g/mol. The summed E-state index contributed by atoms with van der Waals surface area (Å²) in [5, 5.41) is 34.6. The van der Waals surface area contributed by atoms with Crippen LogP contribution in [0, 0.1) is 17.8 Å². The number of hydrogen-bond acceptors (Lipinski definition) is 8. The van der Waals surface area contributed by atoms with Crippen LogP contribution in [-0.2, 0) is 37.9 Å². The van der Waals surface area contributed by atoms with Gasteiger partial charge in [0.1, 0.15) is 0 Å². The molecule has 3 heterocycles. The van der Waals surface area contributed by atoms with E-state index < -0.39 is 17.4 Å². The molecule has 0 spiro atoms. The molecule has 0 radical (unpaired) electrons. The van der Waals surface area contributed by atoms with Gasteiger partial charge in [-0.15, -0.1) is 0 Å². The molecule has 0 aliphatic carbocycles. The fourth-order valence-electron chi connectivity index (χ4n) is 7.56. The molecule has 3 aliphatic heterocycles. The van der Waals surface area contributed by atoms with Crippen molar-refractivity contribution in [2.75, 3.05) is 54.9 Å². The SMILES string of the molecule is C[C@H](/C=C/CC(=O)N(CCO)Cc1ccccc1)[C@@]1(O)C(=O)N(Cc2ccc(NC(=O)C3CCCNC3)cc2)c2ccc(NC(=O)C3CCCNC3)cc21. The van der Waals surface area contributed by atoms with Crippen LogP contribution in [0.2, 0.25) is 0 Å². The molecule has 0 saturated carbocycles. The molecule has 3 aromatic carbocycles. The van der Waals surface area contributed by atoms with E-state index in [2.05, 4.69) is 21.3 Å². The third-order valence-corrected chi connectivity index (χ3v) is 10.7. The first kappa shape index (κ1) is 38.8. The second-order valence-electron chi connectivity index (χ2n) is 14.6. The molecule has 6 N–H and O–H groups in total. The molecule has 3 aromatic rings. The van der Waals surface area contributed by atoms with Crippen LogP contribution in [0.25, 0.3) is 0 Å². The Bertz CT molecular complexity index is 1810. The quantitative estimate of drug-likeness (QED) is 0.136. The minimum Gasteiger partial charge on any atom is -0.395 e. The highest BCUT2D eigenvalue weighted by Gasteiger charge is 2.52. The first-order chi connectivity index (χ1) is 26.2. The third kappa shape index (κ3) is 9.07. The highest BCUT2D eigenvalue weighted by atomic mass is 16.3. The lowest BCUT2D eigenvalue weighted by Crippen LogP contribution is -2.44. The predicted octanol–water partition coefficient (Wildman–Crippen LogP) is 3.90. The van der Waals surface area contributed by atoms with E-state index in [9.17, 15) is 29.4 Å². The largest absolute Gasteiger partial charge is 0.395 e.